The zero-order chi connectivity index (χ0) is 20.3. The number of para-hydroxylation sites is 1. The van der Waals surface area contributed by atoms with Crippen molar-refractivity contribution in [2.45, 2.75) is 0 Å². The average molecular weight is 432 g/mol. The third kappa shape index (κ3) is 3.80. The van der Waals surface area contributed by atoms with Gasteiger partial charge in [-0.15, -0.1) is 5.10 Å². The molecule has 0 fully saturated rings. The number of halogens is 1. The number of aromatic nitrogens is 4. The minimum absolute atomic E-state index is 0.160. The Labute approximate surface area is 180 Å². The first kappa shape index (κ1) is 18.5. The molecule has 0 saturated carbocycles. The maximum Gasteiger partial charge on any atom is 0.345 e. The molecule has 30 heavy (non-hydrogen) atoms. The highest BCUT2D eigenvalue weighted by Crippen LogP contribution is 2.24. The van der Waals surface area contributed by atoms with Gasteiger partial charge in [-0.1, -0.05) is 76.6 Å². The van der Waals surface area contributed by atoms with Gasteiger partial charge in [0.05, 0.1) is 5.69 Å². The van der Waals surface area contributed by atoms with Crippen molar-refractivity contribution in [3.8, 4) is 27.7 Å². The van der Waals surface area contributed by atoms with Crippen molar-refractivity contribution < 1.29 is 4.42 Å². The van der Waals surface area contributed by atoms with E-state index in [-0.39, 0.29) is 6.01 Å². The van der Waals surface area contributed by atoms with Gasteiger partial charge in [0, 0.05) is 16.1 Å². The van der Waals surface area contributed by atoms with Crippen LogP contribution in [0.25, 0.3) is 27.7 Å². The monoisotopic (exact) mass is 431 g/mol. The molecule has 0 N–H and O–H groups in total. The first-order valence-corrected chi connectivity index (χ1v) is 10.3. The molecule has 0 aliphatic heterocycles. The molecule has 5 aromatic rings. The molecule has 2 aromatic heterocycles. The van der Waals surface area contributed by atoms with E-state index < -0.39 is 0 Å². The highest BCUT2D eigenvalue weighted by Gasteiger charge is 2.12. The van der Waals surface area contributed by atoms with E-state index in [1.807, 2.05) is 72.8 Å². The lowest BCUT2D eigenvalue weighted by atomic mass is 10.2. The third-order valence-corrected chi connectivity index (χ3v) is 5.49. The Balaban J connectivity index is 1.60. The molecule has 8 heteroatoms. The molecule has 5 rings (SSSR count). The van der Waals surface area contributed by atoms with Crippen molar-refractivity contribution in [2.75, 3.05) is 0 Å². The van der Waals surface area contributed by atoms with Gasteiger partial charge in [-0.05, 0) is 36.4 Å². The largest absolute Gasteiger partial charge is 0.402 e. The number of nitrogens with zero attached hydrogens (tertiary/aromatic N) is 5. The van der Waals surface area contributed by atoms with Gasteiger partial charge in [-0.2, -0.15) is 10.1 Å². The van der Waals surface area contributed by atoms with Gasteiger partial charge in [0.15, 0.2) is 0 Å². The fourth-order valence-electron chi connectivity index (χ4n) is 2.84. The van der Waals surface area contributed by atoms with E-state index in [0.29, 0.717) is 15.7 Å². The summed E-state index contributed by atoms with van der Waals surface area (Å²) in [7, 11) is 0. The number of benzene rings is 3. The highest BCUT2D eigenvalue weighted by molar-refractivity contribution is 7.12. The first-order chi connectivity index (χ1) is 14.8. The molecule has 0 unspecified atom stereocenters. The number of hydrogen-bond acceptors (Lipinski definition) is 6. The summed E-state index contributed by atoms with van der Waals surface area (Å²) in [5.41, 5.74) is 2.69. The first-order valence-electron chi connectivity index (χ1n) is 9.11. The lowest BCUT2D eigenvalue weighted by Crippen LogP contribution is -2.13. The van der Waals surface area contributed by atoms with Gasteiger partial charge in [0.1, 0.15) is 5.01 Å². The Hall–Kier alpha value is -3.55. The predicted molar refractivity (Wildman–Crippen MR) is 117 cm³/mol. The summed E-state index contributed by atoms with van der Waals surface area (Å²) in [4.78, 5) is 5.21. The lowest BCUT2D eigenvalue weighted by Gasteiger charge is -1.99. The quantitative estimate of drug-likeness (QED) is 0.374. The molecule has 2 heterocycles. The molecular weight excluding hydrogens is 418 g/mol. The lowest BCUT2D eigenvalue weighted by molar-refractivity contribution is 0.575. The molecule has 3 aromatic carbocycles. The Morgan fingerprint density at radius 3 is 2.23 bits per heavy atom. The van der Waals surface area contributed by atoms with E-state index in [9.17, 15) is 0 Å². The van der Waals surface area contributed by atoms with Crippen molar-refractivity contribution in [3.63, 3.8) is 0 Å². The summed E-state index contributed by atoms with van der Waals surface area (Å²) in [5, 5.41) is 14.4. The Morgan fingerprint density at radius 1 is 0.800 bits per heavy atom. The van der Waals surface area contributed by atoms with Crippen LogP contribution in [-0.4, -0.2) is 20.0 Å². The second-order valence-corrected chi connectivity index (χ2v) is 7.70. The van der Waals surface area contributed by atoms with Crippen LogP contribution in [0.1, 0.15) is 0 Å². The predicted octanol–water partition coefficient (Wildman–Crippen LogP) is 5.54. The molecule has 0 spiro atoms. The van der Waals surface area contributed by atoms with Crippen molar-refractivity contribution in [1.82, 2.24) is 20.0 Å². The summed E-state index contributed by atoms with van der Waals surface area (Å²) in [6, 6.07) is 27.2. The van der Waals surface area contributed by atoms with E-state index in [2.05, 4.69) is 15.2 Å². The molecule has 0 bridgehead atoms. The van der Waals surface area contributed by atoms with Gasteiger partial charge < -0.3 is 4.42 Å². The van der Waals surface area contributed by atoms with Gasteiger partial charge in [-0.25, -0.2) is 4.68 Å². The molecular formula is C22H14ClN5OS. The summed E-state index contributed by atoms with van der Waals surface area (Å²) in [6.45, 7) is 0. The highest BCUT2D eigenvalue weighted by atomic mass is 35.5. The van der Waals surface area contributed by atoms with Crippen LogP contribution in [0, 0.1) is 0 Å². The van der Waals surface area contributed by atoms with Crippen LogP contribution < -0.4 is 4.80 Å². The molecule has 0 radical (unpaired) electrons. The Kier molecular flexibility index (Phi) is 4.96. The van der Waals surface area contributed by atoms with E-state index >= 15 is 0 Å². The second-order valence-electron chi connectivity index (χ2n) is 6.31. The van der Waals surface area contributed by atoms with Gasteiger partial charge >= 0.3 is 6.01 Å². The van der Waals surface area contributed by atoms with E-state index in [0.717, 1.165) is 21.8 Å². The average Bonchev–Trinajstić information content (AvgIpc) is 3.43. The molecule has 6 nitrogen and oxygen atoms in total. The minimum Gasteiger partial charge on any atom is -0.402 e. The molecule has 0 atom stereocenters. The Bertz CT molecular complexity index is 1340. The van der Waals surface area contributed by atoms with Gasteiger partial charge in [-0.3, -0.25) is 0 Å². The summed E-state index contributed by atoms with van der Waals surface area (Å²) in [5.74, 6) is 0.379. The maximum atomic E-state index is 5.95. The molecule has 146 valence electrons. The number of hydrogen-bond donors (Lipinski definition) is 0. The van der Waals surface area contributed by atoms with Crippen LogP contribution in [0.3, 0.4) is 0 Å². The zero-order valence-corrected chi connectivity index (χ0v) is 17.1. The summed E-state index contributed by atoms with van der Waals surface area (Å²) in [6.07, 6.45) is 0. The van der Waals surface area contributed by atoms with Crippen molar-refractivity contribution in [2.24, 2.45) is 4.99 Å². The normalized spacial score (nSPS) is 11.7. The van der Waals surface area contributed by atoms with Gasteiger partial charge in [0.2, 0.25) is 10.7 Å². The van der Waals surface area contributed by atoms with Crippen LogP contribution in [0.15, 0.2) is 94.3 Å². The van der Waals surface area contributed by atoms with Crippen LogP contribution in [-0.2, 0) is 0 Å². The van der Waals surface area contributed by atoms with Crippen LogP contribution in [0.2, 0.25) is 5.02 Å². The maximum absolute atomic E-state index is 5.95. The summed E-state index contributed by atoms with van der Waals surface area (Å²) < 4.78 is 7.53. The van der Waals surface area contributed by atoms with E-state index in [1.165, 1.54) is 11.3 Å². The van der Waals surface area contributed by atoms with Crippen molar-refractivity contribution in [3.05, 3.63) is 94.8 Å². The zero-order valence-electron chi connectivity index (χ0n) is 15.5. The summed E-state index contributed by atoms with van der Waals surface area (Å²) >= 11 is 7.40. The fourth-order valence-corrected chi connectivity index (χ4v) is 3.87. The van der Waals surface area contributed by atoms with E-state index in [1.54, 1.807) is 16.8 Å². The fraction of sp³-hybridized carbons (Fsp3) is 0. The SMILES string of the molecule is Clc1ccc(-c2nnc(/N=c3\sc(-c4ccccc4)nn3-c3ccccc3)o2)cc1. The van der Waals surface area contributed by atoms with Gasteiger partial charge in [0.25, 0.3) is 0 Å². The molecule has 0 aliphatic rings. The molecule has 0 amide bonds. The smallest absolute Gasteiger partial charge is 0.345 e. The third-order valence-electron chi connectivity index (χ3n) is 4.28. The van der Waals surface area contributed by atoms with Crippen molar-refractivity contribution >= 4 is 29.0 Å². The van der Waals surface area contributed by atoms with Crippen molar-refractivity contribution in [1.29, 1.82) is 0 Å². The van der Waals surface area contributed by atoms with E-state index in [4.69, 9.17) is 21.1 Å². The molecule has 0 aliphatic carbocycles. The molecule has 0 saturated heterocycles. The number of rotatable bonds is 4. The standard InChI is InChI=1S/C22H14ClN5OS/c23-17-13-11-15(12-14-17)19-25-26-21(29-19)24-22-28(18-9-5-2-6-10-18)27-20(30-22)16-7-3-1-4-8-16/h1-14H/b24-22-. The minimum atomic E-state index is 0.160. The van der Waals surface area contributed by atoms with Crippen LogP contribution in [0.4, 0.5) is 6.01 Å². The Morgan fingerprint density at radius 2 is 1.50 bits per heavy atom. The topological polar surface area (TPSA) is 69.1 Å². The van der Waals surface area contributed by atoms with Crippen LogP contribution >= 0.6 is 22.9 Å². The van der Waals surface area contributed by atoms with Crippen LogP contribution in [0.5, 0.6) is 0 Å². The second kappa shape index (κ2) is 8.06.